The summed E-state index contributed by atoms with van der Waals surface area (Å²) in [5, 5.41) is 12.5. The molecule has 4 aromatic rings. The minimum absolute atomic E-state index is 0.513. The zero-order chi connectivity index (χ0) is 14.2. The number of nitrogens with zero attached hydrogens (tertiary/aromatic N) is 1. The number of pyridine rings is 1. The first kappa shape index (κ1) is 12.1. The molecule has 3 heteroatoms. The van der Waals surface area contributed by atoms with Gasteiger partial charge in [-0.3, -0.25) is 0 Å². The summed E-state index contributed by atoms with van der Waals surface area (Å²) in [7, 11) is 0. The SMILES string of the molecule is OC(c1ccc2ccccc2n1)c1cc2ccccc2o1. The van der Waals surface area contributed by atoms with Crippen molar-refractivity contribution in [1.29, 1.82) is 0 Å². The molecule has 0 aliphatic carbocycles. The molecule has 1 N–H and O–H groups in total. The van der Waals surface area contributed by atoms with Gasteiger partial charge in [-0.2, -0.15) is 0 Å². The molecule has 21 heavy (non-hydrogen) atoms. The molecule has 0 radical (unpaired) electrons. The molecule has 4 rings (SSSR count). The fraction of sp³-hybridized carbons (Fsp3) is 0.0556. The van der Waals surface area contributed by atoms with E-state index in [-0.39, 0.29) is 0 Å². The van der Waals surface area contributed by atoms with E-state index in [4.69, 9.17) is 4.42 Å². The van der Waals surface area contributed by atoms with Crippen molar-refractivity contribution in [3.63, 3.8) is 0 Å². The summed E-state index contributed by atoms with van der Waals surface area (Å²) in [4.78, 5) is 4.51. The number of fused-ring (bicyclic) bond motifs is 2. The number of aromatic nitrogens is 1. The molecule has 0 aliphatic rings. The quantitative estimate of drug-likeness (QED) is 0.600. The Hall–Kier alpha value is -2.65. The van der Waals surface area contributed by atoms with Gasteiger partial charge in [-0.05, 0) is 24.3 Å². The van der Waals surface area contributed by atoms with E-state index < -0.39 is 6.10 Å². The molecule has 2 heterocycles. The Morgan fingerprint density at radius 1 is 0.857 bits per heavy atom. The number of rotatable bonds is 2. The number of aliphatic hydroxyl groups excluding tert-OH is 1. The number of benzene rings is 2. The number of furan rings is 1. The van der Waals surface area contributed by atoms with Crippen molar-refractivity contribution in [3.05, 3.63) is 78.2 Å². The zero-order valence-corrected chi connectivity index (χ0v) is 11.2. The molecule has 1 atom stereocenters. The molecule has 0 saturated carbocycles. The summed E-state index contributed by atoms with van der Waals surface area (Å²) in [6.45, 7) is 0. The van der Waals surface area contributed by atoms with E-state index in [1.165, 1.54) is 0 Å². The van der Waals surface area contributed by atoms with Gasteiger partial charge in [-0.1, -0.05) is 42.5 Å². The molecule has 0 fully saturated rings. The second kappa shape index (κ2) is 4.72. The van der Waals surface area contributed by atoms with Gasteiger partial charge in [-0.25, -0.2) is 4.98 Å². The Labute approximate surface area is 121 Å². The standard InChI is InChI=1S/C18H13NO2/c20-18(17-11-13-6-2-4-8-16(13)21-17)15-10-9-12-5-1-3-7-14(12)19-15/h1-11,18,20H. The van der Waals surface area contributed by atoms with Crippen LogP contribution in [0.4, 0.5) is 0 Å². The van der Waals surface area contributed by atoms with Gasteiger partial charge in [0.2, 0.25) is 0 Å². The van der Waals surface area contributed by atoms with Crippen LogP contribution in [0.15, 0.2) is 71.1 Å². The molecule has 0 amide bonds. The first-order valence-corrected chi connectivity index (χ1v) is 6.83. The van der Waals surface area contributed by atoms with Gasteiger partial charge >= 0.3 is 0 Å². The molecule has 102 valence electrons. The van der Waals surface area contributed by atoms with Crippen LogP contribution in [0.1, 0.15) is 17.6 Å². The number of aliphatic hydroxyl groups is 1. The highest BCUT2D eigenvalue weighted by molar-refractivity contribution is 5.79. The molecule has 0 spiro atoms. The van der Waals surface area contributed by atoms with Crippen molar-refractivity contribution in [2.24, 2.45) is 0 Å². The minimum Gasteiger partial charge on any atom is -0.458 e. The minimum atomic E-state index is -0.859. The van der Waals surface area contributed by atoms with Gasteiger partial charge in [-0.15, -0.1) is 0 Å². The first-order chi connectivity index (χ1) is 10.3. The first-order valence-electron chi connectivity index (χ1n) is 6.83. The van der Waals surface area contributed by atoms with Crippen LogP contribution in [0, 0.1) is 0 Å². The average Bonchev–Trinajstić information content (AvgIpc) is 2.97. The van der Waals surface area contributed by atoms with Crippen molar-refractivity contribution in [1.82, 2.24) is 4.98 Å². The Morgan fingerprint density at radius 2 is 1.62 bits per heavy atom. The number of hydrogen-bond acceptors (Lipinski definition) is 3. The third-order valence-electron chi connectivity index (χ3n) is 3.61. The van der Waals surface area contributed by atoms with Crippen LogP contribution in [0.25, 0.3) is 21.9 Å². The number of para-hydroxylation sites is 2. The van der Waals surface area contributed by atoms with E-state index in [0.717, 1.165) is 21.9 Å². The fourth-order valence-electron chi connectivity index (χ4n) is 2.52. The maximum Gasteiger partial charge on any atom is 0.153 e. The maximum atomic E-state index is 10.5. The number of hydrogen-bond donors (Lipinski definition) is 1. The van der Waals surface area contributed by atoms with E-state index in [9.17, 15) is 5.11 Å². The van der Waals surface area contributed by atoms with Crippen molar-refractivity contribution >= 4 is 21.9 Å². The van der Waals surface area contributed by atoms with Crippen LogP contribution in [0.5, 0.6) is 0 Å². The highest BCUT2D eigenvalue weighted by Crippen LogP contribution is 2.28. The van der Waals surface area contributed by atoms with Crippen LogP contribution in [0.3, 0.4) is 0 Å². The lowest BCUT2D eigenvalue weighted by Gasteiger charge is -2.08. The van der Waals surface area contributed by atoms with Crippen LogP contribution < -0.4 is 0 Å². The van der Waals surface area contributed by atoms with Crippen molar-refractivity contribution in [2.75, 3.05) is 0 Å². The Morgan fingerprint density at radius 3 is 2.48 bits per heavy atom. The molecule has 0 aliphatic heterocycles. The fourth-order valence-corrected chi connectivity index (χ4v) is 2.52. The van der Waals surface area contributed by atoms with Gasteiger partial charge < -0.3 is 9.52 Å². The van der Waals surface area contributed by atoms with Crippen molar-refractivity contribution in [2.45, 2.75) is 6.10 Å². The van der Waals surface area contributed by atoms with Gasteiger partial charge in [0.05, 0.1) is 11.2 Å². The second-order valence-corrected chi connectivity index (χ2v) is 5.02. The Kier molecular flexibility index (Phi) is 2.72. The lowest BCUT2D eigenvalue weighted by Crippen LogP contribution is -2.01. The Balaban J connectivity index is 1.79. The van der Waals surface area contributed by atoms with E-state index in [1.54, 1.807) is 0 Å². The highest BCUT2D eigenvalue weighted by Gasteiger charge is 2.17. The largest absolute Gasteiger partial charge is 0.458 e. The molecular weight excluding hydrogens is 262 g/mol. The van der Waals surface area contributed by atoms with Crippen LogP contribution in [0.2, 0.25) is 0 Å². The molecule has 0 saturated heterocycles. The lowest BCUT2D eigenvalue weighted by molar-refractivity contribution is 0.188. The van der Waals surface area contributed by atoms with Gasteiger partial charge in [0.15, 0.2) is 6.10 Å². The molecule has 2 aromatic heterocycles. The second-order valence-electron chi connectivity index (χ2n) is 5.02. The van der Waals surface area contributed by atoms with Crippen LogP contribution >= 0.6 is 0 Å². The van der Waals surface area contributed by atoms with E-state index >= 15 is 0 Å². The summed E-state index contributed by atoms with van der Waals surface area (Å²) >= 11 is 0. The van der Waals surface area contributed by atoms with Gasteiger partial charge in [0.25, 0.3) is 0 Å². The summed E-state index contributed by atoms with van der Waals surface area (Å²) in [5.74, 6) is 0.513. The lowest BCUT2D eigenvalue weighted by atomic mass is 10.1. The Bertz CT molecular complexity index is 893. The molecule has 0 bridgehead atoms. The predicted molar refractivity (Wildman–Crippen MR) is 82.0 cm³/mol. The monoisotopic (exact) mass is 275 g/mol. The van der Waals surface area contributed by atoms with Crippen molar-refractivity contribution < 1.29 is 9.52 Å². The van der Waals surface area contributed by atoms with Crippen LogP contribution in [-0.4, -0.2) is 10.1 Å². The van der Waals surface area contributed by atoms with Gasteiger partial charge in [0.1, 0.15) is 11.3 Å². The van der Waals surface area contributed by atoms with Crippen LogP contribution in [-0.2, 0) is 0 Å². The van der Waals surface area contributed by atoms with Crippen molar-refractivity contribution in [3.8, 4) is 0 Å². The topological polar surface area (TPSA) is 46.3 Å². The third-order valence-corrected chi connectivity index (χ3v) is 3.61. The third kappa shape index (κ3) is 2.08. The molecular formula is C18H13NO2. The normalized spacial score (nSPS) is 12.8. The van der Waals surface area contributed by atoms with E-state index in [1.807, 2.05) is 66.7 Å². The van der Waals surface area contributed by atoms with Gasteiger partial charge in [0, 0.05) is 10.8 Å². The summed E-state index contributed by atoms with van der Waals surface area (Å²) in [6.07, 6.45) is -0.859. The molecule has 1 unspecified atom stereocenters. The predicted octanol–water partition coefficient (Wildman–Crippen LogP) is 4.06. The van der Waals surface area contributed by atoms with E-state index in [0.29, 0.717) is 11.5 Å². The average molecular weight is 275 g/mol. The maximum absolute atomic E-state index is 10.5. The molecule has 3 nitrogen and oxygen atoms in total. The van der Waals surface area contributed by atoms with E-state index in [2.05, 4.69) is 4.98 Å². The zero-order valence-electron chi connectivity index (χ0n) is 11.2. The highest BCUT2D eigenvalue weighted by atomic mass is 16.4. The summed E-state index contributed by atoms with van der Waals surface area (Å²) < 4.78 is 5.71. The molecule has 2 aromatic carbocycles. The smallest absolute Gasteiger partial charge is 0.153 e. The summed E-state index contributed by atoms with van der Waals surface area (Å²) in [5.41, 5.74) is 2.23. The summed E-state index contributed by atoms with van der Waals surface area (Å²) in [6, 6.07) is 21.2.